The summed E-state index contributed by atoms with van der Waals surface area (Å²) in [6, 6.07) is 10.2. The fourth-order valence-electron chi connectivity index (χ4n) is 6.08. The van der Waals surface area contributed by atoms with Gasteiger partial charge in [0.05, 0.1) is 0 Å². The van der Waals surface area contributed by atoms with Crippen LogP contribution in [0.3, 0.4) is 0 Å². The van der Waals surface area contributed by atoms with E-state index in [9.17, 15) is 0 Å². The third kappa shape index (κ3) is 7.02. The molecule has 0 atom stereocenters. The van der Waals surface area contributed by atoms with Gasteiger partial charge in [0.25, 0.3) is 0 Å². The molecule has 0 fully saturated rings. The Labute approximate surface area is 244 Å². The molecule has 0 aliphatic rings. The Balaban J connectivity index is 3.33. The van der Waals surface area contributed by atoms with Gasteiger partial charge in [-0.05, 0) is 77.0 Å². The molecule has 0 saturated carbocycles. The van der Waals surface area contributed by atoms with Crippen LogP contribution in [-0.4, -0.2) is 0 Å². The first-order valence-electron chi connectivity index (χ1n) is 15.3. The molecule has 2 aromatic rings. The van der Waals surface area contributed by atoms with Crippen molar-refractivity contribution in [3.8, 4) is 0 Å². The Bertz CT molecular complexity index is 1090. The minimum atomic E-state index is -0.187. The second-order valence-corrected chi connectivity index (χ2v) is 19.0. The van der Waals surface area contributed by atoms with E-state index in [4.69, 9.17) is 0 Å². The van der Waals surface area contributed by atoms with Crippen LogP contribution >= 0.6 is 0 Å². The quantitative estimate of drug-likeness (QED) is 0.361. The number of hydrogen-bond donors (Lipinski definition) is 0. The largest absolute Gasteiger partial charge is 0.0561 e. The van der Waals surface area contributed by atoms with E-state index in [1.165, 1.54) is 44.5 Å². The van der Waals surface area contributed by atoms with Crippen LogP contribution in [-0.2, 0) is 37.9 Å². The monoisotopic (exact) mass is 533 g/mol. The normalized spacial score (nSPS) is 14.7. The summed E-state index contributed by atoms with van der Waals surface area (Å²) in [5.74, 6) is 0. The number of benzene rings is 2. The summed E-state index contributed by atoms with van der Waals surface area (Å²) < 4.78 is 0. The summed E-state index contributed by atoms with van der Waals surface area (Å²) in [7, 11) is 0. The first-order valence-corrected chi connectivity index (χ1v) is 15.3. The van der Waals surface area contributed by atoms with E-state index in [1.54, 1.807) is 0 Å². The first-order chi connectivity index (χ1) is 16.9. The van der Waals surface area contributed by atoms with Gasteiger partial charge in [-0.1, -0.05) is 163 Å². The molecule has 2 aromatic carbocycles. The lowest BCUT2D eigenvalue weighted by Crippen LogP contribution is -2.35. The summed E-state index contributed by atoms with van der Waals surface area (Å²) in [6.07, 6.45) is 0. The Hall–Kier alpha value is -1.56. The predicted octanol–water partition coefficient (Wildman–Crippen LogP) is 11.8. The van der Waals surface area contributed by atoms with Gasteiger partial charge in [0, 0.05) is 5.41 Å². The van der Waals surface area contributed by atoms with Gasteiger partial charge in [0.15, 0.2) is 0 Å². The van der Waals surface area contributed by atoms with Crippen molar-refractivity contribution in [1.82, 2.24) is 0 Å². The molecule has 0 amide bonds. The van der Waals surface area contributed by atoms with Crippen LogP contribution in [0.15, 0.2) is 24.3 Å². The van der Waals surface area contributed by atoms with Gasteiger partial charge < -0.3 is 0 Å². The van der Waals surface area contributed by atoms with Crippen LogP contribution in [0.5, 0.6) is 0 Å². The van der Waals surface area contributed by atoms with E-state index in [-0.39, 0.29) is 37.9 Å². The molecule has 0 saturated heterocycles. The van der Waals surface area contributed by atoms with E-state index in [0.29, 0.717) is 0 Å². The standard InChI is InChI=1S/C39H64/c1-33(2,3)25-21-27(35(7,8)9)31(37(13,14)15)29(23-25)39(19,20)30-24-26(34(4,5)6)22-28(36(10,11)12)32(30)38(16,17)18/h21-24H,1-20H3. The molecule has 220 valence electrons. The van der Waals surface area contributed by atoms with Crippen molar-refractivity contribution in [2.24, 2.45) is 0 Å². The highest BCUT2D eigenvalue weighted by Gasteiger charge is 2.40. The molecule has 0 nitrogen and oxygen atoms in total. The molecule has 0 aromatic heterocycles. The van der Waals surface area contributed by atoms with Gasteiger partial charge in [-0.2, -0.15) is 0 Å². The maximum Gasteiger partial charge on any atom is 0.0152 e. The molecule has 0 heteroatoms. The summed E-state index contributed by atoms with van der Waals surface area (Å²) >= 11 is 0. The fraction of sp³-hybridized carbons (Fsp3) is 0.692. The van der Waals surface area contributed by atoms with Crippen LogP contribution in [0.2, 0.25) is 0 Å². The Kier molecular flexibility index (Phi) is 8.43. The van der Waals surface area contributed by atoms with Crippen molar-refractivity contribution in [3.05, 3.63) is 68.8 Å². The van der Waals surface area contributed by atoms with Crippen molar-refractivity contribution in [2.45, 2.75) is 176 Å². The molecule has 0 heterocycles. The Morgan fingerprint density at radius 2 is 0.513 bits per heavy atom. The van der Waals surface area contributed by atoms with Gasteiger partial charge in [-0.25, -0.2) is 0 Å². The maximum atomic E-state index is 2.57. The van der Waals surface area contributed by atoms with Gasteiger partial charge in [-0.3, -0.25) is 0 Å². The van der Waals surface area contributed by atoms with Crippen LogP contribution < -0.4 is 0 Å². The lowest BCUT2D eigenvalue weighted by molar-refractivity contribution is 0.482. The van der Waals surface area contributed by atoms with E-state index >= 15 is 0 Å². The highest BCUT2D eigenvalue weighted by atomic mass is 14.4. The Morgan fingerprint density at radius 1 is 0.282 bits per heavy atom. The van der Waals surface area contributed by atoms with Crippen LogP contribution in [0.1, 0.15) is 183 Å². The molecule has 0 N–H and O–H groups in total. The SMILES string of the molecule is CC(C)(C)c1cc(C(C)(C)C)c(C(C)(C)C)c(C(C)(C)c2cc(C(C)(C)C)cc(C(C)(C)C)c2C(C)(C)C)c1. The summed E-state index contributed by atoms with van der Waals surface area (Å²) in [6.45, 7) is 47.9. The van der Waals surface area contributed by atoms with Gasteiger partial charge in [0.2, 0.25) is 0 Å². The molecule has 0 bridgehead atoms. The minimum absolute atomic E-state index is 0.0159. The zero-order valence-electron chi connectivity index (χ0n) is 29.8. The average molecular weight is 533 g/mol. The third-order valence-corrected chi connectivity index (χ3v) is 8.47. The van der Waals surface area contributed by atoms with Crippen molar-refractivity contribution < 1.29 is 0 Å². The molecule has 0 radical (unpaired) electrons. The molecular formula is C39H64. The number of rotatable bonds is 2. The smallest absolute Gasteiger partial charge is 0.0152 e. The van der Waals surface area contributed by atoms with Gasteiger partial charge in [-0.15, -0.1) is 0 Å². The molecule has 0 aliphatic heterocycles. The molecule has 0 spiro atoms. The molecule has 0 aliphatic carbocycles. The lowest BCUT2D eigenvalue weighted by Gasteiger charge is -2.43. The molecular weight excluding hydrogens is 468 g/mol. The number of hydrogen-bond acceptors (Lipinski definition) is 0. The highest BCUT2D eigenvalue weighted by Crippen LogP contribution is 2.50. The molecule has 0 unspecified atom stereocenters. The molecule has 2 rings (SSSR count). The maximum absolute atomic E-state index is 2.57. The summed E-state index contributed by atoms with van der Waals surface area (Å²) in [5, 5.41) is 0. The first kappa shape index (κ1) is 33.6. The highest BCUT2D eigenvalue weighted by molar-refractivity contribution is 5.58. The van der Waals surface area contributed by atoms with E-state index in [2.05, 4.69) is 163 Å². The van der Waals surface area contributed by atoms with Gasteiger partial charge >= 0.3 is 0 Å². The summed E-state index contributed by atoms with van der Waals surface area (Å²) in [4.78, 5) is 0. The Morgan fingerprint density at radius 3 is 0.692 bits per heavy atom. The second-order valence-electron chi connectivity index (χ2n) is 19.0. The predicted molar refractivity (Wildman–Crippen MR) is 177 cm³/mol. The third-order valence-electron chi connectivity index (χ3n) is 8.47. The van der Waals surface area contributed by atoms with Crippen molar-refractivity contribution in [1.29, 1.82) is 0 Å². The fourth-order valence-corrected chi connectivity index (χ4v) is 6.08. The van der Waals surface area contributed by atoms with Crippen molar-refractivity contribution >= 4 is 0 Å². The van der Waals surface area contributed by atoms with E-state index < -0.39 is 0 Å². The van der Waals surface area contributed by atoms with E-state index in [0.717, 1.165) is 0 Å². The van der Waals surface area contributed by atoms with E-state index in [1.807, 2.05) is 0 Å². The zero-order valence-corrected chi connectivity index (χ0v) is 29.8. The lowest BCUT2D eigenvalue weighted by atomic mass is 9.61. The van der Waals surface area contributed by atoms with Gasteiger partial charge in [0.1, 0.15) is 0 Å². The summed E-state index contributed by atoms with van der Waals surface area (Å²) in [5.41, 5.74) is 11.9. The van der Waals surface area contributed by atoms with Crippen LogP contribution in [0.4, 0.5) is 0 Å². The zero-order chi connectivity index (χ0) is 30.9. The minimum Gasteiger partial charge on any atom is -0.0561 e. The average Bonchev–Trinajstić information content (AvgIpc) is 2.67. The molecule has 39 heavy (non-hydrogen) atoms. The second kappa shape index (κ2) is 9.77. The van der Waals surface area contributed by atoms with Crippen LogP contribution in [0.25, 0.3) is 0 Å². The topological polar surface area (TPSA) is 0 Å². The van der Waals surface area contributed by atoms with Crippen molar-refractivity contribution in [3.63, 3.8) is 0 Å². The van der Waals surface area contributed by atoms with Crippen molar-refractivity contribution in [2.75, 3.05) is 0 Å². The van der Waals surface area contributed by atoms with Crippen LogP contribution in [0, 0.1) is 0 Å².